The predicted octanol–water partition coefficient (Wildman–Crippen LogP) is 0.608. The Labute approximate surface area is 229 Å². The number of benzene rings is 1. The Morgan fingerprint density at radius 3 is 2.33 bits per heavy atom. The van der Waals surface area contributed by atoms with Gasteiger partial charge in [0.2, 0.25) is 11.9 Å². The first kappa shape index (κ1) is 29.6. The van der Waals surface area contributed by atoms with E-state index in [9.17, 15) is 24.3 Å². The molecule has 3 aromatic rings. The van der Waals surface area contributed by atoms with E-state index in [4.69, 9.17) is 16.6 Å². The first-order valence-electron chi connectivity index (χ1n) is 12.3. The van der Waals surface area contributed by atoms with E-state index in [-0.39, 0.29) is 47.3 Å². The van der Waals surface area contributed by atoms with Crippen molar-refractivity contribution in [1.29, 1.82) is 0 Å². The second-order valence-electron chi connectivity index (χ2n) is 9.42. The van der Waals surface area contributed by atoms with Crippen LogP contribution in [0.4, 0.5) is 17.5 Å². The molecule has 2 heterocycles. The lowest BCUT2D eigenvalue weighted by molar-refractivity contribution is -0.140. The summed E-state index contributed by atoms with van der Waals surface area (Å²) in [6.45, 7) is 3.95. The minimum atomic E-state index is -1.32. The van der Waals surface area contributed by atoms with E-state index in [2.05, 4.69) is 30.6 Å². The molecule has 212 valence electrons. The second kappa shape index (κ2) is 12.8. The highest BCUT2D eigenvalue weighted by atomic mass is 16.4. The number of amides is 2. The number of nitrogens with two attached hydrogens (primary N) is 2. The van der Waals surface area contributed by atoms with Crippen molar-refractivity contribution in [3.63, 3.8) is 0 Å². The van der Waals surface area contributed by atoms with Crippen LogP contribution >= 0.6 is 0 Å². The highest BCUT2D eigenvalue weighted by Gasteiger charge is 2.22. The van der Waals surface area contributed by atoms with Crippen LogP contribution in [0.1, 0.15) is 42.7 Å². The molecule has 0 aliphatic heterocycles. The predicted molar refractivity (Wildman–Crippen MR) is 145 cm³/mol. The topological polar surface area (TPSA) is 240 Å². The quantitative estimate of drug-likeness (QED) is 0.180. The number of nitrogen functional groups attached to an aromatic ring is 1. The number of carboxylic acids is 2. The molecule has 2 atom stereocenters. The van der Waals surface area contributed by atoms with Gasteiger partial charge in [0.15, 0.2) is 17.0 Å². The number of rotatable bonds is 12. The van der Waals surface area contributed by atoms with Gasteiger partial charge < -0.3 is 31.9 Å². The number of fused-ring (bicyclic) bond motifs is 1. The average Bonchev–Trinajstić information content (AvgIpc) is 2.90. The van der Waals surface area contributed by atoms with Gasteiger partial charge in [-0.15, -0.1) is 0 Å². The SMILES string of the molecule is CC(C)[C@H](N)C(=O)Nc1nc(N)c2nc(CN(C)c3ccc(C(=O)N[C@@H](CCC(=O)O)C(=O)O)cc3)cnc2n1. The summed E-state index contributed by atoms with van der Waals surface area (Å²) in [6.07, 6.45) is 0.894. The number of hydrogen-bond acceptors (Lipinski definition) is 11. The van der Waals surface area contributed by atoms with Crippen molar-refractivity contribution in [2.75, 3.05) is 23.0 Å². The molecule has 2 aromatic heterocycles. The van der Waals surface area contributed by atoms with Gasteiger partial charge in [0.25, 0.3) is 5.91 Å². The number of carbonyl (C=O) groups is 4. The van der Waals surface area contributed by atoms with Gasteiger partial charge in [0.05, 0.1) is 24.5 Å². The van der Waals surface area contributed by atoms with Crippen molar-refractivity contribution < 1.29 is 29.4 Å². The number of carboxylic acid groups (broad SMARTS) is 2. The fraction of sp³-hybridized carbons (Fsp3) is 0.360. The van der Waals surface area contributed by atoms with E-state index in [1.165, 1.54) is 18.3 Å². The minimum Gasteiger partial charge on any atom is -0.481 e. The average molecular weight is 554 g/mol. The van der Waals surface area contributed by atoms with Crippen molar-refractivity contribution >= 4 is 52.4 Å². The molecule has 0 radical (unpaired) electrons. The van der Waals surface area contributed by atoms with Crippen LogP contribution in [0, 0.1) is 5.92 Å². The van der Waals surface area contributed by atoms with Crippen molar-refractivity contribution in [2.24, 2.45) is 11.7 Å². The smallest absolute Gasteiger partial charge is 0.326 e. The molecule has 1 aromatic carbocycles. The Morgan fingerprint density at radius 2 is 1.73 bits per heavy atom. The lowest BCUT2D eigenvalue weighted by atomic mass is 10.1. The van der Waals surface area contributed by atoms with E-state index in [1.54, 1.807) is 19.2 Å². The molecular weight excluding hydrogens is 522 g/mol. The molecule has 15 heteroatoms. The number of hydrogen-bond donors (Lipinski definition) is 6. The van der Waals surface area contributed by atoms with E-state index < -0.39 is 35.8 Å². The first-order chi connectivity index (χ1) is 18.8. The van der Waals surface area contributed by atoms with Crippen molar-refractivity contribution in [3.8, 4) is 0 Å². The highest BCUT2D eigenvalue weighted by molar-refractivity contribution is 5.97. The Hall–Kier alpha value is -4.92. The minimum absolute atomic E-state index is 0.0223. The van der Waals surface area contributed by atoms with Gasteiger partial charge in [-0.25, -0.2) is 14.8 Å². The first-order valence-corrected chi connectivity index (χ1v) is 12.3. The number of aliphatic carboxylic acids is 2. The van der Waals surface area contributed by atoms with Crippen molar-refractivity contribution in [1.82, 2.24) is 25.3 Å². The molecule has 40 heavy (non-hydrogen) atoms. The van der Waals surface area contributed by atoms with Gasteiger partial charge >= 0.3 is 11.9 Å². The molecule has 0 spiro atoms. The standard InChI is InChI=1S/C25H31N9O6/c1-12(2)18(26)23(38)33-25-31-20(27)19-21(32-25)28-10-14(29-19)11-34(3)15-6-4-13(5-7-15)22(37)30-16(24(39)40)8-9-17(35)36/h4-7,10,12,16,18H,8-9,11,26H2,1-3H3,(H,30,37)(H,35,36)(H,39,40)(H3,27,28,31,32,33,38)/t16-,18-/m0/s1. The number of anilines is 3. The number of nitrogens with one attached hydrogen (secondary N) is 2. The van der Waals surface area contributed by atoms with Crippen LogP contribution in [0.15, 0.2) is 30.5 Å². The highest BCUT2D eigenvalue weighted by Crippen LogP contribution is 2.20. The maximum atomic E-state index is 12.5. The zero-order valence-electron chi connectivity index (χ0n) is 22.2. The molecule has 0 saturated carbocycles. The summed E-state index contributed by atoms with van der Waals surface area (Å²) >= 11 is 0. The van der Waals surface area contributed by atoms with E-state index in [0.717, 1.165) is 5.69 Å². The van der Waals surface area contributed by atoms with Crippen LogP contribution in [0.3, 0.4) is 0 Å². The summed E-state index contributed by atoms with van der Waals surface area (Å²) in [7, 11) is 1.80. The third-order valence-electron chi connectivity index (χ3n) is 5.96. The number of carbonyl (C=O) groups excluding carboxylic acids is 2. The Balaban J connectivity index is 1.68. The number of aromatic nitrogens is 4. The van der Waals surface area contributed by atoms with Gasteiger partial charge in [-0.05, 0) is 36.6 Å². The fourth-order valence-electron chi connectivity index (χ4n) is 3.56. The van der Waals surface area contributed by atoms with Gasteiger partial charge in [0.1, 0.15) is 6.04 Å². The second-order valence-corrected chi connectivity index (χ2v) is 9.42. The Morgan fingerprint density at radius 1 is 1.05 bits per heavy atom. The molecule has 3 rings (SSSR count). The molecule has 0 saturated heterocycles. The molecule has 15 nitrogen and oxygen atoms in total. The largest absolute Gasteiger partial charge is 0.481 e. The Bertz CT molecular complexity index is 1410. The van der Waals surface area contributed by atoms with Crippen LogP contribution < -0.4 is 27.0 Å². The van der Waals surface area contributed by atoms with Crippen molar-refractivity contribution in [3.05, 3.63) is 41.7 Å². The molecule has 2 amide bonds. The van der Waals surface area contributed by atoms with E-state index in [0.29, 0.717) is 12.2 Å². The van der Waals surface area contributed by atoms with Crippen LogP contribution in [-0.2, 0) is 20.9 Å². The van der Waals surface area contributed by atoms with E-state index in [1.807, 2.05) is 18.7 Å². The Kier molecular flexibility index (Phi) is 9.45. The summed E-state index contributed by atoms with van der Waals surface area (Å²) in [5.74, 6) is -3.61. The molecule has 0 aliphatic carbocycles. The van der Waals surface area contributed by atoms with Gasteiger partial charge in [-0.1, -0.05) is 13.8 Å². The maximum absolute atomic E-state index is 12.5. The lowest BCUT2D eigenvalue weighted by Gasteiger charge is -2.19. The number of nitrogens with zero attached hydrogens (tertiary/aromatic N) is 5. The van der Waals surface area contributed by atoms with Crippen LogP contribution in [0.5, 0.6) is 0 Å². The molecule has 0 unspecified atom stereocenters. The van der Waals surface area contributed by atoms with Gasteiger partial charge in [-0.2, -0.15) is 9.97 Å². The van der Waals surface area contributed by atoms with Crippen LogP contribution in [-0.4, -0.2) is 73.0 Å². The van der Waals surface area contributed by atoms with E-state index >= 15 is 0 Å². The molecular formula is C25H31N9O6. The third-order valence-corrected chi connectivity index (χ3v) is 5.96. The maximum Gasteiger partial charge on any atom is 0.326 e. The van der Waals surface area contributed by atoms with Crippen LogP contribution in [0.2, 0.25) is 0 Å². The lowest BCUT2D eigenvalue weighted by Crippen LogP contribution is -2.41. The zero-order valence-corrected chi connectivity index (χ0v) is 22.2. The summed E-state index contributed by atoms with van der Waals surface area (Å²) in [6, 6.07) is 4.33. The van der Waals surface area contributed by atoms with Gasteiger partial charge in [-0.3, -0.25) is 19.7 Å². The summed E-state index contributed by atoms with van der Waals surface area (Å²) in [5, 5.41) is 22.9. The van der Waals surface area contributed by atoms with Gasteiger partial charge in [0, 0.05) is 24.7 Å². The fourth-order valence-corrected chi connectivity index (χ4v) is 3.56. The molecule has 0 aliphatic rings. The third kappa shape index (κ3) is 7.57. The molecule has 0 fully saturated rings. The zero-order chi connectivity index (χ0) is 29.6. The van der Waals surface area contributed by atoms with Crippen molar-refractivity contribution in [2.45, 2.75) is 45.3 Å². The summed E-state index contributed by atoms with van der Waals surface area (Å²) in [5.41, 5.74) is 13.9. The summed E-state index contributed by atoms with van der Waals surface area (Å²) in [4.78, 5) is 65.7. The molecule has 8 N–H and O–H groups in total. The summed E-state index contributed by atoms with van der Waals surface area (Å²) < 4.78 is 0. The normalized spacial score (nSPS) is 12.5. The molecule has 0 bridgehead atoms. The monoisotopic (exact) mass is 553 g/mol. The van der Waals surface area contributed by atoms with Crippen LogP contribution in [0.25, 0.3) is 11.2 Å².